The lowest BCUT2D eigenvalue weighted by molar-refractivity contribution is 1.03. The summed E-state index contributed by atoms with van der Waals surface area (Å²) in [5.74, 6) is 1.43. The SMILES string of the molecule is Cc1ccccc1-c1ccc2nc(-c3cccnc3)nc(NCc3ccccn3)c2c1. The van der Waals surface area contributed by atoms with E-state index in [0.29, 0.717) is 12.4 Å². The van der Waals surface area contributed by atoms with Crippen molar-refractivity contribution in [3.05, 3.63) is 103 Å². The minimum Gasteiger partial charge on any atom is -0.364 e. The summed E-state index contributed by atoms with van der Waals surface area (Å²) in [6.45, 7) is 2.70. The molecule has 5 nitrogen and oxygen atoms in total. The number of anilines is 1. The van der Waals surface area contributed by atoms with E-state index in [1.807, 2.05) is 30.3 Å². The summed E-state index contributed by atoms with van der Waals surface area (Å²) in [4.78, 5) is 18.3. The molecule has 0 aliphatic carbocycles. The van der Waals surface area contributed by atoms with Crippen LogP contribution < -0.4 is 5.32 Å². The lowest BCUT2D eigenvalue weighted by Gasteiger charge is -2.13. The van der Waals surface area contributed by atoms with Gasteiger partial charge in [0.1, 0.15) is 5.82 Å². The summed E-state index contributed by atoms with van der Waals surface area (Å²) >= 11 is 0. The fourth-order valence-corrected chi connectivity index (χ4v) is 3.63. The number of fused-ring (bicyclic) bond motifs is 1. The second kappa shape index (κ2) is 8.32. The van der Waals surface area contributed by atoms with Gasteiger partial charge in [0, 0.05) is 29.5 Å². The Labute approximate surface area is 180 Å². The molecule has 3 aromatic heterocycles. The molecule has 0 fully saturated rings. The molecule has 0 spiro atoms. The first kappa shape index (κ1) is 18.9. The van der Waals surface area contributed by atoms with E-state index < -0.39 is 0 Å². The van der Waals surface area contributed by atoms with Crippen LogP contribution in [-0.4, -0.2) is 19.9 Å². The van der Waals surface area contributed by atoms with Gasteiger partial charge in [-0.3, -0.25) is 9.97 Å². The Kier molecular flexibility index (Phi) is 5.07. The topological polar surface area (TPSA) is 63.6 Å². The molecule has 0 atom stereocenters. The van der Waals surface area contributed by atoms with Crippen molar-refractivity contribution in [2.45, 2.75) is 13.5 Å². The Hall–Kier alpha value is -4.12. The second-order valence-corrected chi connectivity index (χ2v) is 7.36. The highest BCUT2D eigenvalue weighted by atomic mass is 15.0. The maximum absolute atomic E-state index is 4.85. The fraction of sp³-hybridized carbons (Fsp3) is 0.0769. The van der Waals surface area contributed by atoms with Gasteiger partial charge >= 0.3 is 0 Å². The van der Waals surface area contributed by atoms with Crippen LogP contribution in [0.1, 0.15) is 11.3 Å². The first-order valence-electron chi connectivity index (χ1n) is 10.2. The zero-order valence-corrected chi connectivity index (χ0v) is 17.2. The van der Waals surface area contributed by atoms with Gasteiger partial charge in [-0.1, -0.05) is 36.4 Å². The molecule has 0 radical (unpaired) electrons. The first-order valence-corrected chi connectivity index (χ1v) is 10.2. The lowest BCUT2D eigenvalue weighted by atomic mass is 9.99. The summed E-state index contributed by atoms with van der Waals surface area (Å²) in [5, 5.41) is 4.45. The number of benzene rings is 2. The van der Waals surface area contributed by atoms with E-state index in [0.717, 1.165) is 33.5 Å². The van der Waals surface area contributed by atoms with Crippen molar-refractivity contribution in [3.8, 4) is 22.5 Å². The molecule has 0 saturated heterocycles. The van der Waals surface area contributed by atoms with Crippen LogP contribution in [0.2, 0.25) is 0 Å². The molecule has 0 aliphatic heterocycles. The third-order valence-electron chi connectivity index (χ3n) is 5.23. The van der Waals surface area contributed by atoms with Crippen LogP contribution in [0, 0.1) is 6.92 Å². The van der Waals surface area contributed by atoms with E-state index >= 15 is 0 Å². The van der Waals surface area contributed by atoms with Gasteiger partial charge in [-0.2, -0.15) is 0 Å². The van der Waals surface area contributed by atoms with Crippen molar-refractivity contribution in [2.24, 2.45) is 0 Å². The Bertz CT molecular complexity index is 1330. The van der Waals surface area contributed by atoms with Crippen molar-refractivity contribution < 1.29 is 0 Å². The number of pyridine rings is 2. The molecule has 0 amide bonds. The number of aryl methyl sites for hydroxylation is 1. The predicted octanol–water partition coefficient (Wildman–Crippen LogP) is 5.67. The molecule has 150 valence electrons. The fourth-order valence-electron chi connectivity index (χ4n) is 3.63. The summed E-state index contributed by atoms with van der Waals surface area (Å²) in [7, 11) is 0. The molecule has 5 heteroatoms. The number of nitrogens with one attached hydrogen (secondary N) is 1. The molecule has 31 heavy (non-hydrogen) atoms. The van der Waals surface area contributed by atoms with Crippen molar-refractivity contribution in [3.63, 3.8) is 0 Å². The van der Waals surface area contributed by atoms with Gasteiger partial charge in [0.25, 0.3) is 0 Å². The highest BCUT2D eigenvalue weighted by Gasteiger charge is 2.12. The van der Waals surface area contributed by atoms with Crippen LogP contribution in [0.4, 0.5) is 5.82 Å². The second-order valence-electron chi connectivity index (χ2n) is 7.36. The summed E-state index contributed by atoms with van der Waals surface area (Å²) in [5.41, 5.74) is 6.30. The van der Waals surface area contributed by atoms with Crippen molar-refractivity contribution in [2.75, 3.05) is 5.32 Å². The quantitative estimate of drug-likeness (QED) is 0.409. The van der Waals surface area contributed by atoms with Crippen LogP contribution in [0.3, 0.4) is 0 Å². The molecule has 2 aromatic carbocycles. The highest BCUT2D eigenvalue weighted by Crippen LogP contribution is 2.31. The van der Waals surface area contributed by atoms with Gasteiger partial charge < -0.3 is 5.32 Å². The predicted molar refractivity (Wildman–Crippen MR) is 125 cm³/mol. The van der Waals surface area contributed by atoms with Crippen molar-refractivity contribution >= 4 is 16.7 Å². The molecule has 0 aliphatic rings. The largest absolute Gasteiger partial charge is 0.364 e. The highest BCUT2D eigenvalue weighted by molar-refractivity contribution is 5.94. The van der Waals surface area contributed by atoms with Crippen LogP contribution in [-0.2, 0) is 6.54 Å². The Morgan fingerprint density at radius 2 is 1.71 bits per heavy atom. The van der Waals surface area contributed by atoms with Gasteiger partial charge in [0.05, 0.1) is 17.8 Å². The average Bonchev–Trinajstić information content (AvgIpc) is 2.83. The normalized spacial score (nSPS) is 10.9. The van der Waals surface area contributed by atoms with E-state index in [2.05, 4.69) is 64.7 Å². The van der Waals surface area contributed by atoms with Crippen LogP contribution in [0.5, 0.6) is 0 Å². The van der Waals surface area contributed by atoms with E-state index in [-0.39, 0.29) is 0 Å². The minimum atomic E-state index is 0.577. The van der Waals surface area contributed by atoms with Gasteiger partial charge in [-0.15, -0.1) is 0 Å². The molecule has 0 bridgehead atoms. The zero-order chi connectivity index (χ0) is 21.0. The molecule has 0 saturated carbocycles. The maximum atomic E-state index is 4.85. The van der Waals surface area contributed by atoms with Crippen LogP contribution >= 0.6 is 0 Å². The Morgan fingerprint density at radius 3 is 2.52 bits per heavy atom. The third kappa shape index (κ3) is 3.98. The Balaban J connectivity index is 1.63. The van der Waals surface area contributed by atoms with Crippen LogP contribution in [0.25, 0.3) is 33.4 Å². The first-order chi connectivity index (χ1) is 15.3. The third-order valence-corrected chi connectivity index (χ3v) is 5.23. The summed E-state index contributed by atoms with van der Waals surface area (Å²) < 4.78 is 0. The van der Waals surface area contributed by atoms with Crippen molar-refractivity contribution in [1.82, 2.24) is 19.9 Å². The number of rotatable bonds is 5. The zero-order valence-electron chi connectivity index (χ0n) is 17.2. The molecule has 5 rings (SSSR count). The number of nitrogens with zero attached hydrogens (tertiary/aromatic N) is 4. The standard InChI is InChI=1S/C26H21N5/c1-18-7-2-3-10-22(18)19-11-12-24-23(15-19)26(29-17-21-9-4-5-14-28-21)31-25(30-24)20-8-6-13-27-16-20/h2-16H,17H2,1H3,(H,29,30,31). The molecular weight excluding hydrogens is 382 g/mol. The van der Waals surface area contributed by atoms with Gasteiger partial charge in [0.2, 0.25) is 0 Å². The van der Waals surface area contributed by atoms with E-state index in [4.69, 9.17) is 9.97 Å². The van der Waals surface area contributed by atoms with E-state index in [9.17, 15) is 0 Å². The Morgan fingerprint density at radius 1 is 0.806 bits per heavy atom. The molecule has 3 heterocycles. The van der Waals surface area contributed by atoms with Gasteiger partial charge in [-0.05, 0) is 60.0 Å². The monoisotopic (exact) mass is 403 g/mol. The molecule has 5 aromatic rings. The number of aromatic nitrogens is 4. The minimum absolute atomic E-state index is 0.577. The number of hydrogen-bond donors (Lipinski definition) is 1. The van der Waals surface area contributed by atoms with Gasteiger partial charge in [0.15, 0.2) is 5.82 Å². The van der Waals surface area contributed by atoms with E-state index in [1.165, 1.54) is 11.1 Å². The molecule has 1 N–H and O–H groups in total. The lowest BCUT2D eigenvalue weighted by Crippen LogP contribution is -2.05. The van der Waals surface area contributed by atoms with Crippen LogP contribution in [0.15, 0.2) is 91.4 Å². The van der Waals surface area contributed by atoms with E-state index in [1.54, 1.807) is 18.6 Å². The average molecular weight is 403 g/mol. The maximum Gasteiger partial charge on any atom is 0.163 e. The smallest absolute Gasteiger partial charge is 0.163 e. The summed E-state index contributed by atoms with van der Waals surface area (Å²) in [6, 6.07) is 24.5. The molecular formula is C26H21N5. The molecule has 0 unspecified atom stereocenters. The summed E-state index contributed by atoms with van der Waals surface area (Å²) in [6.07, 6.45) is 5.33. The number of hydrogen-bond acceptors (Lipinski definition) is 5. The van der Waals surface area contributed by atoms with Crippen molar-refractivity contribution in [1.29, 1.82) is 0 Å². The van der Waals surface area contributed by atoms with Gasteiger partial charge in [-0.25, -0.2) is 9.97 Å².